The molecular formula is C23H28N2O. The third-order valence-electron chi connectivity index (χ3n) is 6.07. The average molecular weight is 348 g/mol. The number of amides is 2. The minimum Gasteiger partial charge on any atom is -0.324 e. The van der Waals surface area contributed by atoms with Crippen LogP contribution >= 0.6 is 0 Å². The Morgan fingerprint density at radius 2 is 1.65 bits per heavy atom. The quantitative estimate of drug-likeness (QED) is 0.800. The van der Waals surface area contributed by atoms with Crippen molar-refractivity contribution in [2.45, 2.75) is 38.5 Å². The molecule has 3 nitrogen and oxygen atoms in total. The fourth-order valence-corrected chi connectivity index (χ4v) is 4.59. The van der Waals surface area contributed by atoms with Gasteiger partial charge in [-0.1, -0.05) is 67.8 Å². The maximum atomic E-state index is 12.9. The van der Waals surface area contributed by atoms with E-state index in [1.54, 1.807) is 0 Å². The molecule has 0 unspecified atom stereocenters. The van der Waals surface area contributed by atoms with Crippen LogP contribution in [0.5, 0.6) is 0 Å². The van der Waals surface area contributed by atoms with Crippen molar-refractivity contribution in [3.63, 3.8) is 0 Å². The first kappa shape index (κ1) is 17.1. The van der Waals surface area contributed by atoms with Crippen LogP contribution in [0.2, 0.25) is 0 Å². The highest BCUT2D eigenvalue weighted by molar-refractivity contribution is 5.90. The number of benzene rings is 2. The molecule has 0 radical (unpaired) electrons. The summed E-state index contributed by atoms with van der Waals surface area (Å²) >= 11 is 0. The number of rotatable bonds is 3. The zero-order valence-corrected chi connectivity index (χ0v) is 15.4. The number of anilines is 1. The number of carbonyl (C=O) groups is 1. The summed E-state index contributed by atoms with van der Waals surface area (Å²) < 4.78 is 0. The summed E-state index contributed by atoms with van der Waals surface area (Å²) in [5.74, 6) is 1.56. The number of fused-ring (bicyclic) bond motifs is 1. The SMILES string of the molecule is O=C(Nc1ccccc1Cc1ccccc1)N1CC[C@@H]2CCCC[C@@H]2C1. The van der Waals surface area contributed by atoms with Crippen molar-refractivity contribution < 1.29 is 4.79 Å². The van der Waals surface area contributed by atoms with Gasteiger partial charge in [0.1, 0.15) is 0 Å². The van der Waals surface area contributed by atoms with Crippen molar-refractivity contribution in [1.82, 2.24) is 4.90 Å². The summed E-state index contributed by atoms with van der Waals surface area (Å²) in [6.07, 6.45) is 7.36. The van der Waals surface area contributed by atoms with Gasteiger partial charge in [0.2, 0.25) is 0 Å². The monoisotopic (exact) mass is 348 g/mol. The molecule has 3 heteroatoms. The lowest BCUT2D eigenvalue weighted by molar-refractivity contribution is 0.108. The molecule has 2 amide bonds. The van der Waals surface area contributed by atoms with Crippen LogP contribution in [0.4, 0.5) is 10.5 Å². The molecule has 0 bridgehead atoms. The van der Waals surface area contributed by atoms with Gasteiger partial charge in [0, 0.05) is 18.8 Å². The number of hydrogen-bond donors (Lipinski definition) is 1. The van der Waals surface area contributed by atoms with Crippen molar-refractivity contribution in [2.75, 3.05) is 18.4 Å². The molecule has 1 saturated carbocycles. The number of nitrogens with zero attached hydrogens (tertiary/aromatic N) is 1. The number of likely N-dealkylation sites (tertiary alicyclic amines) is 1. The lowest BCUT2D eigenvalue weighted by Gasteiger charge is -2.41. The van der Waals surface area contributed by atoms with Crippen LogP contribution < -0.4 is 5.32 Å². The van der Waals surface area contributed by atoms with Crippen molar-refractivity contribution in [3.05, 3.63) is 65.7 Å². The van der Waals surface area contributed by atoms with Crippen LogP contribution in [0.3, 0.4) is 0 Å². The predicted octanol–water partition coefficient (Wildman–Crippen LogP) is 5.32. The van der Waals surface area contributed by atoms with Gasteiger partial charge in [0.15, 0.2) is 0 Å². The Bertz CT molecular complexity index is 743. The van der Waals surface area contributed by atoms with E-state index < -0.39 is 0 Å². The van der Waals surface area contributed by atoms with E-state index in [9.17, 15) is 4.79 Å². The number of piperidine rings is 1. The summed E-state index contributed by atoms with van der Waals surface area (Å²) in [5, 5.41) is 3.18. The molecule has 1 heterocycles. The molecule has 26 heavy (non-hydrogen) atoms. The van der Waals surface area contributed by atoms with E-state index in [0.717, 1.165) is 31.1 Å². The second kappa shape index (κ2) is 7.94. The third-order valence-corrected chi connectivity index (χ3v) is 6.07. The maximum Gasteiger partial charge on any atom is 0.321 e. The molecule has 2 aromatic rings. The highest BCUT2D eigenvalue weighted by Gasteiger charge is 2.33. The fourth-order valence-electron chi connectivity index (χ4n) is 4.59. The van der Waals surface area contributed by atoms with Crippen LogP contribution in [0.25, 0.3) is 0 Å². The zero-order valence-electron chi connectivity index (χ0n) is 15.4. The van der Waals surface area contributed by atoms with E-state index in [1.165, 1.54) is 43.2 Å². The fraction of sp³-hybridized carbons (Fsp3) is 0.435. The van der Waals surface area contributed by atoms with E-state index in [-0.39, 0.29) is 6.03 Å². The molecule has 0 aromatic heterocycles. The Labute approximate surface area is 156 Å². The Kier molecular flexibility index (Phi) is 5.24. The summed E-state index contributed by atoms with van der Waals surface area (Å²) in [6, 6.07) is 18.6. The van der Waals surface area contributed by atoms with Gasteiger partial charge in [-0.2, -0.15) is 0 Å². The molecule has 0 spiro atoms. The van der Waals surface area contributed by atoms with Crippen molar-refractivity contribution in [1.29, 1.82) is 0 Å². The van der Waals surface area contributed by atoms with Gasteiger partial charge in [-0.25, -0.2) is 4.79 Å². The summed E-state index contributed by atoms with van der Waals surface area (Å²) in [4.78, 5) is 14.9. The van der Waals surface area contributed by atoms with Gasteiger partial charge >= 0.3 is 6.03 Å². The van der Waals surface area contributed by atoms with Crippen LogP contribution in [-0.4, -0.2) is 24.0 Å². The number of carbonyl (C=O) groups excluding carboxylic acids is 1. The van der Waals surface area contributed by atoms with Crippen LogP contribution in [-0.2, 0) is 6.42 Å². The van der Waals surface area contributed by atoms with Gasteiger partial charge in [-0.05, 0) is 48.3 Å². The second-order valence-corrected chi connectivity index (χ2v) is 7.79. The number of para-hydroxylation sites is 1. The minimum absolute atomic E-state index is 0.0644. The van der Waals surface area contributed by atoms with Gasteiger partial charge in [0.05, 0.1) is 0 Å². The molecule has 1 aliphatic heterocycles. The Balaban J connectivity index is 1.43. The standard InChI is InChI=1S/C23H28N2O/c26-23(25-15-14-19-10-4-5-12-21(19)17-25)24-22-13-7-6-11-20(22)16-18-8-2-1-3-9-18/h1-3,6-9,11,13,19,21H,4-5,10,12,14-17H2,(H,24,26)/t19-,21+/m0/s1. The lowest BCUT2D eigenvalue weighted by Crippen LogP contribution is -2.46. The summed E-state index contributed by atoms with van der Waals surface area (Å²) in [7, 11) is 0. The van der Waals surface area contributed by atoms with Gasteiger partial charge in [0.25, 0.3) is 0 Å². The normalized spacial score (nSPS) is 22.5. The largest absolute Gasteiger partial charge is 0.324 e. The average Bonchev–Trinajstić information content (AvgIpc) is 2.70. The predicted molar refractivity (Wildman–Crippen MR) is 106 cm³/mol. The highest BCUT2D eigenvalue weighted by atomic mass is 16.2. The molecular weight excluding hydrogens is 320 g/mol. The highest BCUT2D eigenvalue weighted by Crippen LogP contribution is 2.36. The van der Waals surface area contributed by atoms with E-state index in [1.807, 2.05) is 29.2 Å². The van der Waals surface area contributed by atoms with Gasteiger partial charge < -0.3 is 10.2 Å². The zero-order chi connectivity index (χ0) is 17.8. The molecule has 2 atom stereocenters. The third kappa shape index (κ3) is 3.92. The molecule has 2 aliphatic rings. The summed E-state index contributed by atoms with van der Waals surface area (Å²) in [6.45, 7) is 1.82. The van der Waals surface area contributed by atoms with E-state index in [4.69, 9.17) is 0 Å². The maximum absolute atomic E-state index is 12.9. The Morgan fingerprint density at radius 1 is 0.923 bits per heavy atom. The van der Waals surface area contributed by atoms with Crippen LogP contribution in [0.1, 0.15) is 43.2 Å². The van der Waals surface area contributed by atoms with E-state index in [0.29, 0.717) is 5.92 Å². The van der Waals surface area contributed by atoms with Crippen LogP contribution in [0.15, 0.2) is 54.6 Å². The second-order valence-electron chi connectivity index (χ2n) is 7.79. The first-order chi connectivity index (χ1) is 12.8. The number of urea groups is 1. The van der Waals surface area contributed by atoms with Crippen molar-refractivity contribution in [3.8, 4) is 0 Å². The van der Waals surface area contributed by atoms with E-state index >= 15 is 0 Å². The Hall–Kier alpha value is -2.29. The topological polar surface area (TPSA) is 32.3 Å². The van der Waals surface area contributed by atoms with Crippen molar-refractivity contribution >= 4 is 11.7 Å². The number of hydrogen-bond acceptors (Lipinski definition) is 1. The first-order valence-corrected chi connectivity index (χ1v) is 9.97. The minimum atomic E-state index is 0.0644. The number of nitrogens with one attached hydrogen (secondary N) is 1. The van der Waals surface area contributed by atoms with Crippen molar-refractivity contribution in [2.24, 2.45) is 11.8 Å². The molecule has 1 aliphatic carbocycles. The molecule has 1 N–H and O–H groups in total. The molecule has 1 saturated heterocycles. The molecule has 136 valence electrons. The smallest absolute Gasteiger partial charge is 0.321 e. The van der Waals surface area contributed by atoms with Gasteiger partial charge in [-0.15, -0.1) is 0 Å². The molecule has 2 aromatic carbocycles. The Morgan fingerprint density at radius 3 is 2.50 bits per heavy atom. The van der Waals surface area contributed by atoms with E-state index in [2.05, 4.69) is 35.6 Å². The first-order valence-electron chi connectivity index (χ1n) is 9.97. The summed E-state index contributed by atoms with van der Waals surface area (Å²) in [5.41, 5.74) is 3.36. The molecule has 2 fully saturated rings. The molecule has 4 rings (SSSR count). The van der Waals surface area contributed by atoms with Gasteiger partial charge in [-0.3, -0.25) is 0 Å². The lowest BCUT2D eigenvalue weighted by atomic mass is 9.75. The van der Waals surface area contributed by atoms with Crippen LogP contribution in [0, 0.1) is 11.8 Å².